The number of aliphatic hydroxyl groups excluding tert-OH is 4. The van der Waals surface area contributed by atoms with Crippen molar-refractivity contribution in [2.24, 2.45) is 34.0 Å². The largest absolute Gasteiger partial charge is 0.393 e. The number of Topliss-reactive ketones (excluding diaryl/α,β-unsaturated/α-hetero) is 1. The van der Waals surface area contributed by atoms with Crippen molar-refractivity contribution in [1.29, 1.82) is 0 Å². The molecular weight excluding hydrogens is 336 g/mol. The molecule has 6 nitrogen and oxygen atoms in total. The van der Waals surface area contributed by atoms with Crippen molar-refractivity contribution in [3.05, 3.63) is 12.2 Å². The highest BCUT2D eigenvalue weighted by molar-refractivity contribution is 6.04. The molecule has 0 aromatic carbocycles. The van der Waals surface area contributed by atoms with E-state index in [1.807, 2.05) is 0 Å². The molecule has 6 fully saturated rings. The first-order valence-corrected chi connectivity index (χ1v) is 9.72. The van der Waals surface area contributed by atoms with Crippen LogP contribution in [0.5, 0.6) is 0 Å². The molecule has 4 N–H and O–H groups in total. The minimum atomic E-state index is -1.30. The van der Waals surface area contributed by atoms with E-state index >= 15 is 0 Å². The lowest BCUT2D eigenvalue weighted by Gasteiger charge is -2.73. The molecular formula is C20H28O6. The van der Waals surface area contributed by atoms with E-state index in [0.717, 1.165) is 6.42 Å². The van der Waals surface area contributed by atoms with Crippen molar-refractivity contribution in [1.82, 2.24) is 0 Å². The number of fused-ring (bicyclic) bond motifs is 2. The number of hydrogen-bond acceptors (Lipinski definition) is 6. The molecule has 0 amide bonds. The van der Waals surface area contributed by atoms with Crippen LogP contribution in [0.3, 0.4) is 0 Å². The van der Waals surface area contributed by atoms with Crippen LogP contribution < -0.4 is 0 Å². The number of carbonyl (C=O) groups excluding carboxylic acids is 1. The molecule has 2 spiro atoms. The number of ether oxygens (including phenoxy) is 1. The maximum atomic E-state index is 13.3. The van der Waals surface area contributed by atoms with Gasteiger partial charge >= 0.3 is 0 Å². The van der Waals surface area contributed by atoms with E-state index in [0.29, 0.717) is 18.4 Å². The Morgan fingerprint density at radius 3 is 2.54 bits per heavy atom. The summed E-state index contributed by atoms with van der Waals surface area (Å²) >= 11 is 0. The van der Waals surface area contributed by atoms with Gasteiger partial charge in [0.15, 0.2) is 12.1 Å². The number of carbonyl (C=O) groups is 1. The third-order valence-corrected chi connectivity index (χ3v) is 8.83. The van der Waals surface area contributed by atoms with E-state index in [2.05, 4.69) is 20.4 Å². The Hall–Kier alpha value is -0.790. The topological polar surface area (TPSA) is 107 Å². The second-order valence-electron chi connectivity index (χ2n) is 9.93. The SMILES string of the molecule is C=C1C(=O)C23C4CC5C(C)(C)CCC(O)C5(C(O)O4)C2C(O)CC1C3O. The van der Waals surface area contributed by atoms with Crippen molar-refractivity contribution < 1.29 is 30.0 Å². The number of ketones is 1. The first-order valence-electron chi connectivity index (χ1n) is 9.72. The predicted octanol–water partition coefficient (Wildman–Crippen LogP) is 0.374. The standard InChI is InChI=1S/C20H28O6/c1-8-9-6-10(21)14-19-11(18(2,3)5-4-12(19)22)7-13(26-17(19)25)20(14,15(8)23)16(9)24/h9-14,16-17,21-22,24-25H,1,4-7H2,2-3H3. The molecule has 6 aliphatic rings. The molecule has 4 bridgehead atoms. The summed E-state index contributed by atoms with van der Waals surface area (Å²) in [7, 11) is 0. The monoisotopic (exact) mass is 364 g/mol. The van der Waals surface area contributed by atoms with Gasteiger partial charge in [-0.3, -0.25) is 4.79 Å². The van der Waals surface area contributed by atoms with Crippen molar-refractivity contribution in [2.75, 3.05) is 0 Å². The molecule has 6 heteroatoms. The van der Waals surface area contributed by atoms with Crippen molar-refractivity contribution in [3.63, 3.8) is 0 Å². The second-order valence-corrected chi connectivity index (χ2v) is 9.93. The quantitative estimate of drug-likeness (QED) is 0.463. The van der Waals surface area contributed by atoms with E-state index in [9.17, 15) is 25.2 Å². The van der Waals surface area contributed by atoms with Crippen LogP contribution in [0.25, 0.3) is 0 Å². The highest BCUT2D eigenvalue weighted by atomic mass is 16.6. The Morgan fingerprint density at radius 2 is 1.85 bits per heavy atom. The van der Waals surface area contributed by atoms with Gasteiger partial charge in [-0.25, -0.2) is 0 Å². The maximum absolute atomic E-state index is 13.3. The highest BCUT2D eigenvalue weighted by Crippen LogP contribution is 2.75. The van der Waals surface area contributed by atoms with Crippen LogP contribution in [-0.4, -0.2) is 56.9 Å². The fraction of sp³-hybridized carbons (Fsp3) is 0.850. The maximum Gasteiger partial charge on any atom is 0.170 e. The van der Waals surface area contributed by atoms with Crippen LogP contribution in [0.4, 0.5) is 0 Å². The zero-order valence-electron chi connectivity index (χ0n) is 15.3. The summed E-state index contributed by atoms with van der Waals surface area (Å²) in [5.74, 6) is -1.54. The fourth-order valence-corrected chi connectivity index (χ4v) is 7.83. The van der Waals surface area contributed by atoms with Crippen LogP contribution in [0.15, 0.2) is 12.2 Å². The van der Waals surface area contributed by atoms with E-state index < -0.39 is 53.4 Å². The molecule has 26 heavy (non-hydrogen) atoms. The lowest BCUT2D eigenvalue weighted by atomic mass is 9.36. The van der Waals surface area contributed by atoms with Gasteiger partial charge in [-0.05, 0) is 42.6 Å². The Bertz CT molecular complexity index is 696. The fourth-order valence-electron chi connectivity index (χ4n) is 7.83. The average Bonchev–Trinajstić information content (AvgIpc) is 2.70. The lowest BCUT2D eigenvalue weighted by molar-refractivity contribution is -0.411. The molecule has 2 heterocycles. The average molecular weight is 364 g/mol. The van der Waals surface area contributed by atoms with Gasteiger partial charge in [0.2, 0.25) is 0 Å². The van der Waals surface area contributed by atoms with E-state index in [4.69, 9.17) is 4.74 Å². The molecule has 4 aliphatic carbocycles. The Kier molecular flexibility index (Phi) is 3.19. The second kappa shape index (κ2) is 4.78. The minimum Gasteiger partial charge on any atom is -0.393 e. The van der Waals surface area contributed by atoms with Gasteiger partial charge < -0.3 is 25.2 Å². The normalized spacial score (nSPS) is 59.9. The summed E-state index contributed by atoms with van der Waals surface area (Å²) in [6.45, 7) is 8.14. The summed E-state index contributed by atoms with van der Waals surface area (Å²) in [4.78, 5) is 13.3. The third kappa shape index (κ3) is 1.51. The zero-order valence-corrected chi connectivity index (χ0v) is 15.3. The molecule has 2 saturated heterocycles. The van der Waals surface area contributed by atoms with E-state index in [-0.39, 0.29) is 23.5 Å². The first-order chi connectivity index (χ1) is 12.1. The molecule has 0 aromatic rings. The molecule has 10 unspecified atom stereocenters. The Morgan fingerprint density at radius 1 is 1.15 bits per heavy atom. The summed E-state index contributed by atoms with van der Waals surface area (Å²) < 4.78 is 5.90. The summed E-state index contributed by atoms with van der Waals surface area (Å²) in [5, 5.41) is 44.4. The van der Waals surface area contributed by atoms with Gasteiger partial charge in [0, 0.05) is 11.8 Å². The molecule has 144 valence electrons. The number of hydrogen-bond donors (Lipinski definition) is 4. The van der Waals surface area contributed by atoms with E-state index in [1.54, 1.807) is 0 Å². The van der Waals surface area contributed by atoms with Gasteiger partial charge in [0.25, 0.3) is 0 Å². The van der Waals surface area contributed by atoms with Gasteiger partial charge in [0.05, 0.1) is 35.2 Å². The van der Waals surface area contributed by atoms with Gasteiger partial charge in [-0.15, -0.1) is 0 Å². The smallest absolute Gasteiger partial charge is 0.170 e. The molecule has 6 rings (SSSR count). The first kappa shape index (κ1) is 17.3. The summed E-state index contributed by atoms with van der Waals surface area (Å²) in [5.41, 5.74) is -2.27. The van der Waals surface area contributed by atoms with E-state index in [1.165, 1.54) is 0 Å². The van der Waals surface area contributed by atoms with Crippen LogP contribution in [-0.2, 0) is 9.53 Å². The van der Waals surface area contributed by atoms with Crippen molar-refractivity contribution >= 4 is 5.78 Å². The molecule has 4 saturated carbocycles. The lowest BCUT2D eigenvalue weighted by Crippen LogP contribution is -2.80. The molecule has 10 atom stereocenters. The summed E-state index contributed by atoms with van der Waals surface area (Å²) in [6.07, 6.45) is -2.67. The van der Waals surface area contributed by atoms with Crippen LogP contribution in [0, 0.1) is 34.0 Å². The summed E-state index contributed by atoms with van der Waals surface area (Å²) in [6, 6.07) is 0. The number of rotatable bonds is 0. The number of aliphatic hydroxyl groups is 4. The van der Waals surface area contributed by atoms with Crippen LogP contribution in [0.2, 0.25) is 0 Å². The van der Waals surface area contributed by atoms with Gasteiger partial charge in [0.1, 0.15) is 0 Å². The van der Waals surface area contributed by atoms with Crippen LogP contribution in [0.1, 0.15) is 39.5 Å². The zero-order chi connectivity index (χ0) is 18.8. The molecule has 0 aromatic heterocycles. The molecule has 2 aliphatic heterocycles. The van der Waals surface area contributed by atoms with Crippen LogP contribution >= 0.6 is 0 Å². The van der Waals surface area contributed by atoms with Gasteiger partial charge in [-0.1, -0.05) is 20.4 Å². The predicted molar refractivity (Wildman–Crippen MR) is 90.6 cm³/mol. The van der Waals surface area contributed by atoms with Crippen molar-refractivity contribution in [3.8, 4) is 0 Å². The third-order valence-electron chi connectivity index (χ3n) is 8.83. The molecule has 0 radical (unpaired) electrons. The Balaban J connectivity index is 1.79. The highest BCUT2D eigenvalue weighted by Gasteiger charge is 2.83. The van der Waals surface area contributed by atoms with Crippen molar-refractivity contribution in [2.45, 2.75) is 70.2 Å². The Labute approximate surface area is 152 Å². The minimum absolute atomic E-state index is 0.0943. The van der Waals surface area contributed by atoms with Gasteiger partial charge in [-0.2, -0.15) is 0 Å².